The van der Waals surface area contributed by atoms with Crippen LogP contribution in [0.25, 0.3) is 0 Å². The molecule has 0 saturated carbocycles. The largest absolute Gasteiger partial charge is 0.302 e. The van der Waals surface area contributed by atoms with Gasteiger partial charge in [0.15, 0.2) is 0 Å². The summed E-state index contributed by atoms with van der Waals surface area (Å²) in [5, 5.41) is 0. The van der Waals surface area contributed by atoms with Gasteiger partial charge in [-0.3, -0.25) is 0 Å². The van der Waals surface area contributed by atoms with Crippen LogP contribution in [0.1, 0.15) is 70.8 Å². The van der Waals surface area contributed by atoms with Crippen molar-refractivity contribution in [2.24, 2.45) is 0 Å². The van der Waals surface area contributed by atoms with Gasteiger partial charge in [0, 0.05) is 6.54 Å². The summed E-state index contributed by atoms with van der Waals surface area (Å²) in [7, 11) is 2.22. The minimum atomic E-state index is 1.07. The molecule has 0 saturated heterocycles. The Morgan fingerprint density at radius 2 is 1.41 bits per heavy atom. The zero-order chi connectivity index (χ0) is 16.5. The van der Waals surface area contributed by atoms with Gasteiger partial charge in [0.25, 0.3) is 0 Å². The van der Waals surface area contributed by atoms with E-state index >= 15 is 0 Å². The van der Waals surface area contributed by atoms with Crippen molar-refractivity contribution in [1.82, 2.24) is 4.90 Å². The van der Waals surface area contributed by atoms with Crippen LogP contribution >= 0.6 is 0 Å². The number of nitrogens with zero attached hydrogens (tertiary/aromatic N) is 1. The lowest BCUT2D eigenvalue weighted by atomic mass is 10.1. The van der Waals surface area contributed by atoms with Gasteiger partial charge in [-0.1, -0.05) is 82.4 Å². The van der Waals surface area contributed by atoms with Gasteiger partial charge in [0.1, 0.15) is 0 Å². The Morgan fingerprint density at radius 3 is 2.00 bits per heavy atom. The Morgan fingerprint density at radius 1 is 0.864 bits per heavy atom. The molecule has 0 spiro atoms. The molecule has 1 aromatic carbocycles. The first kappa shape index (κ1) is 20.9. The number of rotatable bonds is 12. The predicted octanol–water partition coefficient (Wildman–Crippen LogP) is 6.45. The molecule has 22 heavy (non-hydrogen) atoms. The average Bonchev–Trinajstić information content (AvgIpc) is 2.56. The molecule has 1 nitrogen and oxygen atoms in total. The summed E-state index contributed by atoms with van der Waals surface area (Å²) in [4.78, 5) is 2.43. The molecule has 0 aromatic heterocycles. The minimum absolute atomic E-state index is 1.07. The maximum atomic E-state index is 3.76. The Hall–Kier alpha value is -1.08. The molecule has 0 aliphatic carbocycles. The topological polar surface area (TPSA) is 3.24 Å². The number of unbranched alkanes of at least 4 members (excludes halogenated alkanes) is 7. The lowest BCUT2D eigenvalue weighted by Crippen LogP contribution is -2.18. The molecule has 0 N–H and O–H groups in total. The predicted molar refractivity (Wildman–Crippen MR) is 101 cm³/mol. The second-order valence-corrected chi connectivity index (χ2v) is 5.78. The number of hydrogen-bond donors (Lipinski definition) is 0. The van der Waals surface area contributed by atoms with Crippen LogP contribution in [0.2, 0.25) is 0 Å². The first-order chi connectivity index (χ1) is 10.8. The van der Waals surface area contributed by atoms with Crippen molar-refractivity contribution in [3.63, 3.8) is 0 Å². The van der Waals surface area contributed by atoms with Gasteiger partial charge in [0.2, 0.25) is 0 Å². The molecule has 0 fully saturated rings. The van der Waals surface area contributed by atoms with Gasteiger partial charge in [-0.15, -0.1) is 6.58 Å². The zero-order valence-corrected chi connectivity index (χ0v) is 15.2. The van der Waals surface area contributed by atoms with E-state index in [1.54, 1.807) is 0 Å². The summed E-state index contributed by atoms with van der Waals surface area (Å²) in [5.74, 6) is 0. The molecule has 0 radical (unpaired) electrons. The highest BCUT2D eigenvalue weighted by molar-refractivity contribution is 5.14. The Bertz CT molecular complexity index is 331. The van der Waals surface area contributed by atoms with Gasteiger partial charge in [-0.2, -0.15) is 0 Å². The lowest BCUT2D eigenvalue weighted by molar-refractivity contribution is 0.316. The summed E-state index contributed by atoms with van der Waals surface area (Å²) in [5.41, 5.74) is 1.41. The molecule has 1 rings (SSSR count). The normalized spacial score (nSPS) is 10.2. The number of hydrogen-bond acceptors (Lipinski definition) is 1. The highest BCUT2D eigenvalue weighted by Crippen LogP contribution is 2.10. The fourth-order valence-corrected chi connectivity index (χ4v) is 2.53. The maximum Gasteiger partial charge on any atom is 0.0230 e. The monoisotopic (exact) mass is 303 g/mol. The number of benzene rings is 1. The van der Waals surface area contributed by atoms with Crippen molar-refractivity contribution >= 4 is 0 Å². The molecule has 0 atom stereocenters. The molecule has 1 heteroatoms. The third-order valence-corrected chi connectivity index (χ3v) is 3.74. The fraction of sp³-hybridized carbons (Fsp3) is 0.619. The Kier molecular flexibility index (Phi) is 15.5. The van der Waals surface area contributed by atoms with Gasteiger partial charge in [0.05, 0.1) is 0 Å². The smallest absolute Gasteiger partial charge is 0.0230 e. The standard InChI is InChI=1S/C19H31N.C2H6/c1-3-4-5-6-7-8-9-10-14-17-20(2)18-19-15-12-11-13-16-19;1-2/h3,11-13,15-16H,1,4-10,14,17-18H2,2H3;1-2H3. The molecule has 0 bridgehead atoms. The molecule has 126 valence electrons. The lowest BCUT2D eigenvalue weighted by Gasteiger charge is -2.16. The summed E-state index contributed by atoms with van der Waals surface area (Å²) >= 11 is 0. The zero-order valence-electron chi connectivity index (χ0n) is 15.2. The molecule has 0 amide bonds. The highest BCUT2D eigenvalue weighted by Gasteiger charge is 1.99. The molecule has 1 aromatic rings. The molecule has 0 unspecified atom stereocenters. The van der Waals surface area contributed by atoms with Crippen LogP contribution < -0.4 is 0 Å². The third kappa shape index (κ3) is 12.6. The van der Waals surface area contributed by atoms with Crippen molar-refractivity contribution in [2.45, 2.75) is 71.8 Å². The van der Waals surface area contributed by atoms with Crippen molar-refractivity contribution in [1.29, 1.82) is 0 Å². The van der Waals surface area contributed by atoms with Gasteiger partial charge < -0.3 is 4.90 Å². The van der Waals surface area contributed by atoms with Crippen molar-refractivity contribution < 1.29 is 0 Å². The highest BCUT2D eigenvalue weighted by atomic mass is 15.1. The van der Waals surface area contributed by atoms with E-state index in [-0.39, 0.29) is 0 Å². The van der Waals surface area contributed by atoms with E-state index in [0.29, 0.717) is 0 Å². The van der Waals surface area contributed by atoms with E-state index < -0.39 is 0 Å². The molecule has 0 heterocycles. The number of allylic oxidation sites excluding steroid dienone is 1. The second-order valence-electron chi connectivity index (χ2n) is 5.78. The summed E-state index contributed by atoms with van der Waals surface area (Å²) < 4.78 is 0. The van der Waals surface area contributed by atoms with Crippen LogP contribution in [0.15, 0.2) is 43.0 Å². The van der Waals surface area contributed by atoms with Crippen LogP contribution in [0.5, 0.6) is 0 Å². The second kappa shape index (κ2) is 16.3. The molecule has 0 aliphatic rings. The van der Waals surface area contributed by atoms with E-state index in [9.17, 15) is 0 Å². The van der Waals surface area contributed by atoms with Crippen molar-refractivity contribution in [3.8, 4) is 0 Å². The summed E-state index contributed by atoms with van der Waals surface area (Å²) in [6, 6.07) is 10.7. The van der Waals surface area contributed by atoms with Crippen molar-refractivity contribution in [3.05, 3.63) is 48.6 Å². The van der Waals surface area contributed by atoms with E-state index in [0.717, 1.165) is 6.54 Å². The molecular weight excluding hydrogens is 266 g/mol. The maximum absolute atomic E-state index is 3.76. The van der Waals surface area contributed by atoms with E-state index in [1.165, 1.54) is 63.5 Å². The quantitative estimate of drug-likeness (QED) is 0.317. The molecular formula is C21H37N. The van der Waals surface area contributed by atoms with E-state index in [1.807, 2.05) is 19.9 Å². The minimum Gasteiger partial charge on any atom is -0.302 e. The van der Waals surface area contributed by atoms with Crippen LogP contribution in [0.3, 0.4) is 0 Å². The van der Waals surface area contributed by atoms with E-state index in [4.69, 9.17) is 0 Å². The van der Waals surface area contributed by atoms with Gasteiger partial charge in [-0.25, -0.2) is 0 Å². The third-order valence-electron chi connectivity index (χ3n) is 3.74. The summed E-state index contributed by atoms with van der Waals surface area (Å²) in [6.45, 7) is 10.0. The SMILES string of the molecule is C=CCCCCCCCCCN(C)Cc1ccccc1.CC. The first-order valence-electron chi connectivity index (χ1n) is 9.16. The first-order valence-corrected chi connectivity index (χ1v) is 9.16. The van der Waals surface area contributed by atoms with E-state index in [2.05, 4.69) is 48.9 Å². The van der Waals surface area contributed by atoms with Crippen LogP contribution in [0.4, 0.5) is 0 Å². The van der Waals surface area contributed by atoms with Crippen LogP contribution in [-0.4, -0.2) is 18.5 Å². The Labute approximate surface area is 139 Å². The average molecular weight is 304 g/mol. The van der Waals surface area contributed by atoms with Gasteiger partial charge in [-0.05, 0) is 38.4 Å². The van der Waals surface area contributed by atoms with Gasteiger partial charge >= 0.3 is 0 Å². The Balaban J connectivity index is 0.00000211. The van der Waals surface area contributed by atoms with Crippen LogP contribution in [-0.2, 0) is 6.54 Å². The van der Waals surface area contributed by atoms with Crippen LogP contribution in [0, 0.1) is 0 Å². The summed E-state index contributed by atoms with van der Waals surface area (Å²) in [6.07, 6.45) is 12.8. The van der Waals surface area contributed by atoms with Crippen molar-refractivity contribution in [2.75, 3.05) is 13.6 Å². The fourth-order valence-electron chi connectivity index (χ4n) is 2.53. The molecule has 0 aliphatic heterocycles.